The number of ether oxygens (including phenoxy) is 1. The van der Waals surface area contributed by atoms with Crippen LogP contribution in [0.25, 0.3) is 0 Å². The van der Waals surface area contributed by atoms with Crippen molar-refractivity contribution < 1.29 is 17.9 Å². The van der Waals surface area contributed by atoms with E-state index in [0.717, 1.165) is 45.3 Å². The minimum Gasteiger partial charge on any atom is -0.381 e. The van der Waals surface area contributed by atoms with E-state index in [9.17, 15) is 13.2 Å². The quantitative estimate of drug-likeness (QED) is 0.798. The van der Waals surface area contributed by atoms with Gasteiger partial charge < -0.3 is 15.4 Å². The number of urea groups is 1. The zero-order chi connectivity index (χ0) is 16.2. The molecular formula is C15H28N2O4S. The van der Waals surface area contributed by atoms with Crippen LogP contribution in [0.2, 0.25) is 0 Å². The highest BCUT2D eigenvalue weighted by Crippen LogP contribution is 2.45. The Balaban J connectivity index is 1.81. The molecule has 1 spiro atoms. The van der Waals surface area contributed by atoms with Crippen molar-refractivity contribution in [2.45, 2.75) is 57.5 Å². The molecule has 2 atom stereocenters. The molecule has 1 aliphatic carbocycles. The molecule has 2 fully saturated rings. The highest BCUT2D eigenvalue weighted by Gasteiger charge is 2.44. The van der Waals surface area contributed by atoms with Gasteiger partial charge in [-0.3, -0.25) is 0 Å². The fourth-order valence-electron chi connectivity index (χ4n) is 3.63. The first-order valence-corrected chi connectivity index (χ1v) is 10.2. The van der Waals surface area contributed by atoms with Crippen LogP contribution in [-0.4, -0.2) is 51.8 Å². The summed E-state index contributed by atoms with van der Waals surface area (Å²) < 4.78 is 27.8. The van der Waals surface area contributed by atoms with Gasteiger partial charge in [0.2, 0.25) is 0 Å². The molecule has 2 amide bonds. The van der Waals surface area contributed by atoms with E-state index in [1.165, 1.54) is 6.26 Å². The molecule has 0 unspecified atom stereocenters. The lowest BCUT2D eigenvalue weighted by Gasteiger charge is -2.39. The Morgan fingerprint density at radius 2 is 2.00 bits per heavy atom. The largest absolute Gasteiger partial charge is 0.381 e. The Morgan fingerprint density at radius 1 is 1.32 bits per heavy atom. The maximum atomic E-state index is 12.2. The lowest BCUT2D eigenvalue weighted by Crippen LogP contribution is -2.51. The van der Waals surface area contributed by atoms with Crippen LogP contribution < -0.4 is 10.6 Å². The van der Waals surface area contributed by atoms with Crippen molar-refractivity contribution in [1.82, 2.24) is 10.6 Å². The second kappa shape index (κ2) is 7.17. The number of carbonyl (C=O) groups excluding carboxylic acids is 1. The summed E-state index contributed by atoms with van der Waals surface area (Å²) >= 11 is 0. The molecule has 2 aliphatic rings. The van der Waals surface area contributed by atoms with Crippen molar-refractivity contribution in [2.24, 2.45) is 5.41 Å². The van der Waals surface area contributed by atoms with Gasteiger partial charge in [-0.05, 0) is 44.4 Å². The molecule has 1 saturated heterocycles. The van der Waals surface area contributed by atoms with Gasteiger partial charge in [-0.25, -0.2) is 13.2 Å². The van der Waals surface area contributed by atoms with Crippen molar-refractivity contribution in [3.63, 3.8) is 0 Å². The predicted octanol–water partition coefficient (Wildman–Crippen LogP) is 1.46. The van der Waals surface area contributed by atoms with Crippen molar-refractivity contribution in [1.29, 1.82) is 0 Å². The van der Waals surface area contributed by atoms with E-state index >= 15 is 0 Å². The summed E-state index contributed by atoms with van der Waals surface area (Å²) in [6, 6.07) is -0.126. The van der Waals surface area contributed by atoms with Gasteiger partial charge >= 0.3 is 6.03 Å². The highest BCUT2D eigenvalue weighted by atomic mass is 32.2. The van der Waals surface area contributed by atoms with Crippen molar-refractivity contribution in [2.75, 3.05) is 25.2 Å². The molecule has 0 aromatic heterocycles. The van der Waals surface area contributed by atoms with E-state index in [0.29, 0.717) is 6.42 Å². The summed E-state index contributed by atoms with van der Waals surface area (Å²) in [7, 11) is -2.99. The molecule has 0 aromatic rings. The third-order valence-electron chi connectivity index (χ3n) is 5.00. The third kappa shape index (κ3) is 4.84. The van der Waals surface area contributed by atoms with Crippen LogP contribution in [0.5, 0.6) is 0 Å². The van der Waals surface area contributed by atoms with Crippen LogP contribution in [-0.2, 0) is 14.6 Å². The third-order valence-corrected chi connectivity index (χ3v) is 5.98. The SMILES string of the molecule is C[C@H](CCS(C)(=O)=O)NC(=O)N[C@H]1CCCC12CCOCC2. The Labute approximate surface area is 133 Å². The Kier molecular flexibility index (Phi) is 5.71. The smallest absolute Gasteiger partial charge is 0.315 e. The Hall–Kier alpha value is -0.820. The zero-order valence-corrected chi connectivity index (χ0v) is 14.4. The second-order valence-corrected chi connectivity index (χ2v) is 9.12. The maximum absolute atomic E-state index is 12.2. The zero-order valence-electron chi connectivity index (χ0n) is 13.6. The van der Waals surface area contributed by atoms with Gasteiger partial charge in [0.15, 0.2) is 0 Å². The molecule has 2 rings (SSSR count). The molecule has 1 heterocycles. The average molecular weight is 332 g/mol. The molecule has 128 valence electrons. The van der Waals surface area contributed by atoms with E-state index in [-0.39, 0.29) is 29.3 Å². The van der Waals surface area contributed by atoms with Crippen LogP contribution in [0.4, 0.5) is 4.79 Å². The van der Waals surface area contributed by atoms with Crippen molar-refractivity contribution in [3.8, 4) is 0 Å². The van der Waals surface area contributed by atoms with Gasteiger partial charge in [0.05, 0.1) is 5.75 Å². The Morgan fingerprint density at radius 3 is 2.64 bits per heavy atom. The number of sulfone groups is 1. The minimum absolute atomic E-state index is 0.0964. The lowest BCUT2D eigenvalue weighted by molar-refractivity contribution is 0.00619. The molecular weight excluding hydrogens is 304 g/mol. The van der Waals surface area contributed by atoms with E-state index in [1.54, 1.807) is 0 Å². The first kappa shape index (κ1) is 17.5. The Bertz CT molecular complexity index is 486. The first-order valence-electron chi connectivity index (χ1n) is 8.13. The van der Waals surface area contributed by atoms with Crippen molar-refractivity contribution in [3.05, 3.63) is 0 Å². The number of carbonyl (C=O) groups is 1. The van der Waals surface area contributed by atoms with E-state index < -0.39 is 9.84 Å². The van der Waals surface area contributed by atoms with E-state index in [4.69, 9.17) is 4.74 Å². The minimum atomic E-state index is -2.99. The lowest BCUT2D eigenvalue weighted by atomic mass is 9.75. The number of nitrogens with one attached hydrogen (secondary N) is 2. The van der Waals surface area contributed by atoms with Gasteiger partial charge in [0.25, 0.3) is 0 Å². The fraction of sp³-hybridized carbons (Fsp3) is 0.933. The van der Waals surface area contributed by atoms with Crippen LogP contribution in [0, 0.1) is 5.41 Å². The topological polar surface area (TPSA) is 84.5 Å². The van der Waals surface area contributed by atoms with Gasteiger partial charge in [-0.1, -0.05) is 6.42 Å². The van der Waals surface area contributed by atoms with Gasteiger partial charge in [0.1, 0.15) is 9.84 Å². The number of rotatable bonds is 5. The molecule has 22 heavy (non-hydrogen) atoms. The van der Waals surface area contributed by atoms with Crippen molar-refractivity contribution >= 4 is 15.9 Å². The summed E-state index contributed by atoms with van der Waals surface area (Å²) in [6.07, 6.45) is 7.01. The second-order valence-electron chi connectivity index (χ2n) is 6.86. The summed E-state index contributed by atoms with van der Waals surface area (Å²) in [5, 5.41) is 5.97. The number of hydrogen-bond donors (Lipinski definition) is 2. The van der Waals surface area contributed by atoms with Crippen LogP contribution in [0.3, 0.4) is 0 Å². The van der Waals surface area contributed by atoms with E-state index in [2.05, 4.69) is 10.6 Å². The van der Waals surface area contributed by atoms with E-state index in [1.807, 2.05) is 6.92 Å². The normalized spacial score (nSPS) is 25.8. The molecule has 0 bridgehead atoms. The monoisotopic (exact) mass is 332 g/mol. The highest BCUT2D eigenvalue weighted by molar-refractivity contribution is 7.90. The van der Waals surface area contributed by atoms with Gasteiger partial charge in [-0.15, -0.1) is 0 Å². The summed E-state index contributed by atoms with van der Waals surface area (Å²) in [6.45, 7) is 3.40. The van der Waals surface area contributed by atoms with Crippen LogP contribution in [0.1, 0.15) is 45.4 Å². The van der Waals surface area contributed by atoms with Crippen LogP contribution >= 0.6 is 0 Å². The maximum Gasteiger partial charge on any atom is 0.315 e. The molecule has 1 saturated carbocycles. The summed E-state index contributed by atoms with van der Waals surface area (Å²) in [5.74, 6) is 0.0964. The first-order chi connectivity index (χ1) is 10.3. The average Bonchev–Trinajstić information content (AvgIpc) is 2.79. The fourth-order valence-corrected chi connectivity index (χ4v) is 4.41. The molecule has 2 N–H and O–H groups in total. The summed E-state index contributed by atoms with van der Waals surface area (Å²) in [4.78, 5) is 12.2. The summed E-state index contributed by atoms with van der Waals surface area (Å²) in [5.41, 5.74) is 0.200. The molecule has 0 radical (unpaired) electrons. The number of amides is 2. The van der Waals surface area contributed by atoms with Gasteiger partial charge in [-0.2, -0.15) is 0 Å². The molecule has 0 aromatic carbocycles. The standard InChI is InChI=1S/C15H28N2O4S/c1-12(5-11-22(2,19)20)16-14(18)17-13-4-3-6-15(13)7-9-21-10-8-15/h12-13H,3-11H2,1-2H3,(H2,16,17,18)/t12-,13+/m1/s1. The molecule has 6 nitrogen and oxygen atoms in total. The van der Waals surface area contributed by atoms with Crippen LogP contribution in [0.15, 0.2) is 0 Å². The van der Waals surface area contributed by atoms with Gasteiger partial charge in [0, 0.05) is 31.6 Å². The number of hydrogen-bond acceptors (Lipinski definition) is 4. The molecule has 7 heteroatoms. The molecule has 1 aliphatic heterocycles. The predicted molar refractivity (Wildman–Crippen MR) is 85.6 cm³/mol.